The van der Waals surface area contributed by atoms with E-state index in [9.17, 15) is 10.2 Å². The minimum Gasteiger partial charge on any atom is -0.378 e. The molecule has 2 N–H and O–H groups in total. The SMILES string of the molecule is CC(C)(O)C#C[C@@](O)(c1ccccc1)c1ccc(Cl)cc1. The molecule has 0 unspecified atom stereocenters. The van der Waals surface area contributed by atoms with E-state index in [0.29, 0.717) is 16.1 Å². The average molecular weight is 301 g/mol. The first-order chi connectivity index (χ1) is 9.81. The van der Waals surface area contributed by atoms with Crippen molar-refractivity contribution in [3.05, 3.63) is 70.7 Å². The normalized spacial score (nSPS) is 14.0. The second-order valence-electron chi connectivity index (χ2n) is 5.39. The maximum atomic E-state index is 11.1. The Morgan fingerprint density at radius 1 is 0.810 bits per heavy atom. The van der Waals surface area contributed by atoms with Crippen LogP contribution in [0, 0.1) is 11.8 Å². The van der Waals surface area contributed by atoms with E-state index in [-0.39, 0.29) is 0 Å². The molecule has 0 spiro atoms. The van der Waals surface area contributed by atoms with Crippen LogP contribution in [0.15, 0.2) is 54.6 Å². The highest BCUT2D eigenvalue weighted by Gasteiger charge is 2.29. The Bertz CT molecular complexity index is 660. The Morgan fingerprint density at radius 2 is 1.33 bits per heavy atom. The lowest BCUT2D eigenvalue weighted by atomic mass is 9.86. The molecule has 0 saturated carbocycles. The largest absolute Gasteiger partial charge is 0.378 e. The Balaban J connectivity index is 2.58. The highest BCUT2D eigenvalue weighted by Crippen LogP contribution is 2.30. The van der Waals surface area contributed by atoms with Crippen molar-refractivity contribution in [1.82, 2.24) is 0 Å². The van der Waals surface area contributed by atoms with Crippen LogP contribution in [0.5, 0.6) is 0 Å². The predicted molar refractivity (Wildman–Crippen MR) is 85.0 cm³/mol. The van der Waals surface area contributed by atoms with Crippen molar-refractivity contribution in [2.75, 3.05) is 0 Å². The van der Waals surface area contributed by atoms with Crippen molar-refractivity contribution < 1.29 is 10.2 Å². The standard InChI is InChI=1S/C18H17ClO2/c1-17(2,20)12-13-18(21,14-6-4-3-5-7-14)15-8-10-16(19)11-9-15/h3-11,20-21H,1-2H3/t18-/m1/s1. The van der Waals surface area contributed by atoms with E-state index in [1.54, 1.807) is 50.2 Å². The summed E-state index contributed by atoms with van der Waals surface area (Å²) in [5, 5.41) is 21.5. The summed E-state index contributed by atoms with van der Waals surface area (Å²) in [6, 6.07) is 16.0. The van der Waals surface area contributed by atoms with Gasteiger partial charge in [-0.3, -0.25) is 0 Å². The molecular weight excluding hydrogens is 284 g/mol. The minimum atomic E-state index is -1.49. The second-order valence-corrected chi connectivity index (χ2v) is 5.83. The van der Waals surface area contributed by atoms with Crippen molar-refractivity contribution in [3.63, 3.8) is 0 Å². The van der Waals surface area contributed by atoms with Crippen LogP contribution >= 0.6 is 11.6 Å². The Morgan fingerprint density at radius 3 is 1.86 bits per heavy atom. The molecule has 108 valence electrons. The van der Waals surface area contributed by atoms with Gasteiger partial charge in [0.2, 0.25) is 0 Å². The topological polar surface area (TPSA) is 40.5 Å². The summed E-state index contributed by atoms with van der Waals surface area (Å²) in [5.41, 5.74) is -1.43. The van der Waals surface area contributed by atoms with Gasteiger partial charge in [-0.25, -0.2) is 0 Å². The Kier molecular flexibility index (Phi) is 4.39. The van der Waals surface area contributed by atoms with Gasteiger partial charge in [-0.05, 0) is 26.0 Å². The highest BCUT2D eigenvalue weighted by atomic mass is 35.5. The van der Waals surface area contributed by atoms with Gasteiger partial charge in [0.25, 0.3) is 0 Å². The van der Waals surface area contributed by atoms with E-state index >= 15 is 0 Å². The van der Waals surface area contributed by atoms with Gasteiger partial charge >= 0.3 is 0 Å². The zero-order chi connectivity index (χ0) is 15.5. The highest BCUT2D eigenvalue weighted by molar-refractivity contribution is 6.30. The van der Waals surface area contributed by atoms with E-state index in [1.165, 1.54) is 0 Å². The summed E-state index contributed by atoms with van der Waals surface area (Å²) in [7, 11) is 0. The predicted octanol–water partition coefficient (Wildman–Crippen LogP) is 3.35. The van der Waals surface area contributed by atoms with Crippen LogP contribution in [0.4, 0.5) is 0 Å². The number of hydrogen-bond acceptors (Lipinski definition) is 2. The molecule has 21 heavy (non-hydrogen) atoms. The summed E-state index contributed by atoms with van der Waals surface area (Å²) < 4.78 is 0. The molecule has 0 bridgehead atoms. The van der Waals surface area contributed by atoms with E-state index < -0.39 is 11.2 Å². The molecule has 0 aliphatic heterocycles. The monoisotopic (exact) mass is 300 g/mol. The van der Waals surface area contributed by atoms with E-state index in [4.69, 9.17) is 11.6 Å². The van der Waals surface area contributed by atoms with Crippen LogP contribution in [0.25, 0.3) is 0 Å². The maximum absolute atomic E-state index is 11.1. The molecule has 2 aromatic carbocycles. The quantitative estimate of drug-likeness (QED) is 0.835. The molecular formula is C18H17ClO2. The lowest BCUT2D eigenvalue weighted by Crippen LogP contribution is -2.27. The molecule has 0 radical (unpaired) electrons. The fraction of sp³-hybridized carbons (Fsp3) is 0.222. The van der Waals surface area contributed by atoms with Crippen LogP contribution < -0.4 is 0 Å². The Labute approximate surface area is 130 Å². The van der Waals surface area contributed by atoms with Crippen LogP contribution in [0.3, 0.4) is 0 Å². The first kappa shape index (κ1) is 15.6. The summed E-state index contributed by atoms with van der Waals surface area (Å²) in [5.74, 6) is 5.50. The molecule has 3 heteroatoms. The van der Waals surface area contributed by atoms with Gasteiger partial charge in [-0.15, -0.1) is 0 Å². The van der Waals surface area contributed by atoms with Gasteiger partial charge in [0.1, 0.15) is 5.60 Å². The first-order valence-corrected chi connectivity index (χ1v) is 7.00. The molecule has 2 aromatic rings. The fourth-order valence-electron chi connectivity index (χ4n) is 1.92. The number of rotatable bonds is 2. The minimum absolute atomic E-state index is 0.588. The number of benzene rings is 2. The van der Waals surface area contributed by atoms with E-state index in [2.05, 4.69) is 11.8 Å². The summed E-state index contributed by atoms with van der Waals surface area (Å²) in [4.78, 5) is 0. The van der Waals surface area contributed by atoms with Gasteiger partial charge in [0.05, 0.1) is 0 Å². The van der Waals surface area contributed by atoms with Gasteiger partial charge in [0, 0.05) is 16.1 Å². The molecule has 0 amide bonds. The number of aliphatic hydroxyl groups is 2. The van der Waals surface area contributed by atoms with Crippen molar-refractivity contribution in [1.29, 1.82) is 0 Å². The van der Waals surface area contributed by atoms with Crippen molar-refractivity contribution in [3.8, 4) is 11.8 Å². The smallest absolute Gasteiger partial charge is 0.176 e. The zero-order valence-corrected chi connectivity index (χ0v) is 12.7. The van der Waals surface area contributed by atoms with E-state index in [1.807, 2.05) is 18.2 Å². The molecule has 0 saturated heterocycles. The van der Waals surface area contributed by atoms with Crippen molar-refractivity contribution in [2.24, 2.45) is 0 Å². The molecule has 0 aromatic heterocycles. The van der Waals surface area contributed by atoms with Gasteiger partial charge < -0.3 is 10.2 Å². The van der Waals surface area contributed by atoms with Crippen LogP contribution in [0.1, 0.15) is 25.0 Å². The van der Waals surface area contributed by atoms with Crippen LogP contribution in [-0.2, 0) is 5.60 Å². The van der Waals surface area contributed by atoms with Crippen molar-refractivity contribution >= 4 is 11.6 Å². The molecule has 2 rings (SSSR count). The van der Waals surface area contributed by atoms with Crippen molar-refractivity contribution in [2.45, 2.75) is 25.0 Å². The second kappa shape index (κ2) is 5.91. The third-order valence-corrected chi connectivity index (χ3v) is 3.25. The summed E-state index contributed by atoms with van der Waals surface area (Å²) in [6.07, 6.45) is 0. The third-order valence-electron chi connectivity index (χ3n) is 3.00. The lowest BCUT2D eigenvalue weighted by molar-refractivity contribution is 0.132. The fourth-order valence-corrected chi connectivity index (χ4v) is 2.05. The van der Waals surface area contributed by atoms with Gasteiger partial charge in [-0.2, -0.15) is 0 Å². The molecule has 0 aliphatic carbocycles. The van der Waals surface area contributed by atoms with Crippen LogP contribution in [-0.4, -0.2) is 15.8 Å². The summed E-state index contributed by atoms with van der Waals surface area (Å²) in [6.45, 7) is 3.15. The third kappa shape index (κ3) is 3.86. The molecule has 0 aliphatic rings. The molecule has 2 nitrogen and oxygen atoms in total. The summed E-state index contributed by atoms with van der Waals surface area (Å²) >= 11 is 5.90. The van der Waals surface area contributed by atoms with Gasteiger partial charge in [0.15, 0.2) is 5.60 Å². The number of halogens is 1. The lowest BCUT2D eigenvalue weighted by Gasteiger charge is -2.24. The first-order valence-electron chi connectivity index (χ1n) is 6.62. The molecule has 0 heterocycles. The number of hydrogen-bond donors (Lipinski definition) is 2. The average Bonchev–Trinajstić information content (AvgIpc) is 2.46. The molecule has 0 fully saturated rings. The molecule has 1 atom stereocenters. The van der Waals surface area contributed by atoms with Crippen LogP contribution in [0.2, 0.25) is 5.02 Å². The Hall–Kier alpha value is -1.79. The van der Waals surface area contributed by atoms with E-state index in [0.717, 1.165) is 0 Å². The zero-order valence-electron chi connectivity index (χ0n) is 12.0. The maximum Gasteiger partial charge on any atom is 0.176 e. The van der Waals surface area contributed by atoms with Gasteiger partial charge in [-0.1, -0.05) is 65.9 Å².